The Balaban J connectivity index is 2.20. The van der Waals surface area contributed by atoms with Gasteiger partial charge >= 0.3 is 0 Å². The van der Waals surface area contributed by atoms with Gasteiger partial charge in [-0.3, -0.25) is 5.10 Å². The van der Waals surface area contributed by atoms with Gasteiger partial charge in [0.2, 0.25) is 10.0 Å². The van der Waals surface area contributed by atoms with E-state index in [1.807, 2.05) is 6.92 Å². The van der Waals surface area contributed by atoms with Crippen LogP contribution in [0.1, 0.15) is 12.7 Å². The molecule has 3 N–H and O–H groups in total. The lowest BCUT2D eigenvalue weighted by Gasteiger charge is -2.05. The summed E-state index contributed by atoms with van der Waals surface area (Å²) in [4.78, 5) is 3.90. The van der Waals surface area contributed by atoms with Crippen LogP contribution in [0, 0.1) is 0 Å². The monoisotopic (exact) mass is 247 g/mol. The summed E-state index contributed by atoms with van der Waals surface area (Å²) in [6.45, 7) is 3.51. The Kier molecular flexibility index (Phi) is 5.36. The van der Waals surface area contributed by atoms with Crippen molar-refractivity contribution in [1.29, 1.82) is 0 Å². The molecule has 0 amide bonds. The second kappa shape index (κ2) is 6.56. The molecule has 0 bridgehead atoms. The maximum Gasteiger partial charge on any atom is 0.212 e. The van der Waals surface area contributed by atoms with Crippen molar-refractivity contribution in [2.75, 3.05) is 25.4 Å². The zero-order chi connectivity index (χ0) is 11.9. The van der Waals surface area contributed by atoms with Gasteiger partial charge in [0.15, 0.2) is 0 Å². The molecular formula is C8H17N5O2S. The summed E-state index contributed by atoms with van der Waals surface area (Å²) in [5.41, 5.74) is 0. The molecule has 1 heterocycles. The van der Waals surface area contributed by atoms with E-state index in [4.69, 9.17) is 0 Å². The average molecular weight is 247 g/mol. The lowest BCUT2D eigenvalue weighted by Crippen LogP contribution is -2.33. The van der Waals surface area contributed by atoms with Gasteiger partial charge in [-0.15, -0.1) is 0 Å². The van der Waals surface area contributed by atoms with Crippen LogP contribution in [-0.4, -0.2) is 49.0 Å². The van der Waals surface area contributed by atoms with Crippen LogP contribution < -0.4 is 10.0 Å². The molecule has 1 aromatic heterocycles. The Bertz CT molecular complexity index is 375. The quantitative estimate of drug-likeness (QED) is 0.505. The van der Waals surface area contributed by atoms with Gasteiger partial charge in [-0.2, -0.15) is 5.10 Å². The predicted octanol–water partition coefficient (Wildman–Crippen LogP) is -1.12. The van der Waals surface area contributed by atoms with E-state index in [9.17, 15) is 8.42 Å². The average Bonchev–Trinajstić information content (AvgIpc) is 2.70. The number of sulfonamides is 1. The first-order valence-electron chi connectivity index (χ1n) is 5.16. The lowest BCUT2D eigenvalue weighted by atomic mass is 10.4. The van der Waals surface area contributed by atoms with Gasteiger partial charge in [0.05, 0.1) is 5.75 Å². The van der Waals surface area contributed by atoms with E-state index < -0.39 is 10.0 Å². The number of hydrogen-bond donors (Lipinski definition) is 3. The number of rotatable bonds is 8. The molecule has 1 aromatic rings. The van der Waals surface area contributed by atoms with E-state index in [1.165, 1.54) is 6.33 Å². The molecule has 0 aromatic carbocycles. The highest BCUT2D eigenvalue weighted by Crippen LogP contribution is 1.88. The van der Waals surface area contributed by atoms with Crippen LogP contribution in [0.5, 0.6) is 0 Å². The first-order chi connectivity index (χ1) is 7.64. The summed E-state index contributed by atoms with van der Waals surface area (Å²) >= 11 is 0. The molecule has 0 atom stereocenters. The van der Waals surface area contributed by atoms with Crippen molar-refractivity contribution in [3.8, 4) is 0 Å². The third-order valence-electron chi connectivity index (χ3n) is 1.95. The molecule has 0 saturated heterocycles. The molecule has 92 valence electrons. The molecule has 16 heavy (non-hydrogen) atoms. The highest BCUT2D eigenvalue weighted by atomic mass is 32.2. The number of H-pyrrole nitrogens is 1. The van der Waals surface area contributed by atoms with Crippen LogP contribution in [0.3, 0.4) is 0 Å². The highest BCUT2D eigenvalue weighted by Gasteiger charge is 2.08. The minimum Gasteiger partial charge on any atom is -0.316 e. The smallest absolute Gasteiger partial charge is 0.212 e. The van der Waals surface area contributed by atoms with Gasteiger partial charge in [-0.25, -0.2) is 18.1 Å². The molecule has 0 aliphatic heterocycles. The van der Waals surface area contributed by atoms with Gasteiger partial charge < -0.3 is 5.32 Å². The third-order valence-corrected chi connectivity index (χ3v) is 3.33. The van der Waals surface area contributed by atoms with E-state index in [0.29, 0.717) is 25.3 Å². The fourth-order valence-electron chi connectivity index (χ4n) is 1.13. The van der Waals surface area contributed by atoms with Crippen molar-refractivity contribution in [2.45, 2.75) is 13.3 Å². The molecule has 0 aliphatic carbocycles. The molecule has 0 unspecified atom stereocenters. The van der Waals surface area contributed by atoms with Gasteiger partial charge in [-0.05, 0) is 6.54 Å². The number of aromatic nitrogens is 3. The van der Waals surface area contributed by atoms with Gasteiger partial charge in [-0.1, -0.05) is 6.92 Å². The largest absolute Gasteiger partial charge is 0.316 e. The van der Waals surface area contributed by atoms with Crippen LogP contribution in [0.2, 0.25) is 0 Å². The topological polar surface area (TPSA) is 99.8 Å². The van der Waals surface area contributed by atoms with E-state index >= 15 is 0 Å². The van der Waals surface area contributed by atoms with Crippen LogP contribution in [0.4, 0.5) is 0 Å². The fraction of sp³-hybridized carbons (Fsp3) is 0.750. The number of nitrogens with zero attached hydrogens (tertiary/aromatic N) is 2. The van der Waals surface area contributed by atoms with Crippen LogP contribution in [-0.2, 0) is 16.4 Å². The van der Waals surface area contributed by atoms with Crippen molar-refractivity contribution in [2.24, 2.45) is 0 Å². The van der Waals surface area contributed by atoms with Crippen LogP contribution in [0.15, 0.2) is 6.33 Å². The summed E-state index contributed by atoms with van der Waals surface area (Å²) < 4.78 is 25.4. The Morgan fingerprint density at radius 1 is 1.44 bits per heavy atom. The van der Waals surface area contributed by atoms with Crippen molar-refractivity contribution in [1.82, 2.24) is 25.2 Å². The minimum absolute atomic E-state index is 0.0945. The Labute approximate surface area is 95.1 Å². The van der Waals surface area contributed by atoms with E-state index in [0.717, 1.165) is 6.54 Å². The SMILES string of the molecule is CCNCCS(=O)(=O)NCCc1ncn[nH]1. The van der Waals surface area contributed by atoms with Crippen molar-refractivity contribution < 1.29 is 8.42 Å². The third kappa shape index (κ3) is 5.19. The second-order valence-electron chi connectivity index (χ2n) is 3.25. The molecule has 8 heteroatoms. The molecule has 1 rings (SSSR count). The summed E-state index contributed by atoms with van der Waals surface area (Å²) in [6, 6.07) is 0. The molecule has 0 aliphatic rings. The summed E-state index contributed by atoms with van der Waals surface area (Å²) in [5, 5.41) is 9.30. The Morgan fingerprint density at radius 2 is 2.25 bits per heavy atom. The van der Waals surface area contributed by atoms with Crippen molar-refractivity contribution >= 4 is 10.0 Å². The predicted molar refractivity (Wildman–Crippen MR) is 60.4 cm³/mol. The maximum atomic E-state index is 11.4. The summed E-state index contributed by atoms with van der Waals surface area (Å²) in [6.07, 6.45) is 1.91. The van der Waals surface area contributed by atoms with Gasteiger partial charge in [0.1, 0.15) is 12.2 Å². The summed E-state index contributed by atoms with van der Waals surface area (Å²) in [5.74, 6) is 0.770. The highest BCUT2D eigenvalue weighted by molar-refractivity contribution is 7.89. The molecular weight excluding hydrogens is 230 g/mol. The van der Waals surface area contributed by atoms with Crippen molar-refractivity contribution in [3.05, 3.63) is 12.2 Å². The minimum atomic E-state index is -3.18. The number of hydrogen-bond acceptors (Lipinski definition) is 5. The Morgan fingerprint density at radius 3 is 2.88 bits per heavy atom. The normalized spacial score (nSPS) is 11.8. The molecule has 0 saturated carbocycles. The number of aromatic amines is 1. The summed E-state index contributed by atoms with van der Waals surface area (Å²) in [7, 11) is -3.18. The molecule has 0 fully saturated rings. The maximum absolute atomic E-state index is 11.4. The lowest BCUT2D eigenvalue weighted by molar-refractivity contribution is 0.577. The second-order valence-corrected chi connectivity index (χ2v) is 5.18. The Hall–Kier alpha value is -0.990. The van der Waals surface area contributed by atoms with Crippen molar-refractivity contribution in [3.63, 3.8) is 0 Å². The zero-order valence-electron chi connectivity index (χ0n) is 9.23. The molecule has 0 radical (unpaired) electrons. The molecule has 0 spiro atoms. The zero-order valence-corrected chi connectivity index (χ0v) is 10.0. The first kappa shape index (κ1) is 13.1. The van der Waals surface area contributed by atoms with E-state index in [1.54, 1.807) is 0 Å². The standard InChI is InChI=1S/C8H17N5O2S/c1-2-9-5-6-16(14,15)12-4-3-8-10-7-11-13-8/h7,9,12H,2-6H2,1H3,(H,10,11,13). The fourth-order valence-corrected chi connectivity index (χ4v) is 2.10. The van der Waals surface area contributed by atoms with E-state index in [-0.39, 0.29) is 5.75 Å². The van der Waals surface area contributed by atoms with Gasteiger partial charge in [0, 0.05) is 19.5 Å². The van der Waals surface area contributed by atoms with Gasteiger partial charge in [0.25, 0.3) is 0 Å². The molecule has 7 nitrogen and oxygen atoms in total. The number of nitrogens with one attached hydrogen (secondary N) is 3. The first-order valence-corrected chi connectivity index (χ1v) is 6.81. The van der Waals surface area contributed by atoms with Crippen LogP contribution in [0.25, 0.3) is 0 Å². The van der Waals surface area contributed by atoms with E-state index in [2.05, 4.69) is 25.2 Å². The van der Waals surface area contributed by atoms with Crippen LogP contribution >= 0.6 is 0 Å².